The largest absolute Gasteiger partial charge is 0.340 e. The van der Waals surface area contributed by atoms with E-state index in [4.69, 9.17) is 0 Å². The quantitative estimate of drug-likeness (QED) is 0.682. The van der Waals surface area contributed by atoms with Crippen LogP contribution in [0.1, 0.15) is 5.56 Å². The van der Waals surface area contributed by atoms with Gasteiger partial charge < -0.3 is 10.3 Å². The lowest BCUT2D eigenvalue weighted by molar-refractivity contribution is 0.588. The highest BCUT2D eigenvalue weighted by molar-refractivity contribution is 7.89. The molecule has 1 aromatic rings. The van der Waals surface area contributed by atoms with E-state index in [1.54, 1.807) is 30.7 Å². The minimum Gasteiger partial charge on any atom is -0.340 e. The van der Waals surface area contributed by atoms with E-state index >= 15 is 0 Å². The maximum absolute atomic E-state index is 11.9. The number of aryl methyl sites for hydroxylation is 1. The molecular weight excluding hydrogens is 302 g/mol. The summed E-state index contributed by atoms with van der Waals surface area (Å²) in [6, 6.07) is 6.55. The second-order valence-electron chi connectivity index (χ2n) is 4.78. The van der Waals surface area contributed by atoms with Gasteiger partial charge in [-0.05, 0) is 37.7 Å². The monoisotopic (exact) mass is 317 g/mol. The van der Waals surface area contributed by atoms with E-state index < -0.39 is 10.0 Å². The Balaban J connectivity index is 2.00. The summed E-state index contributed by atoms with van der Waals surface area (Å²) in [5.41, 5.74) is 2.50. The standard InChI is InChI=1S/C14H15N5O2S/c1-9-7-16-13-12(9)14(18-8-17-13)19-10-4-3-5-11(6-10)22(20,21)15-2/h3-8,15H,1-2H3,(H2,16,17,18,19). The fourth-order valence-corrected chi connectivity index (χ4v) is 2.97. The second kappa shape index (κ2) is 5.39. The van der Waals surface area contributed by atoms with Gasteiger partial charge in [-0.1, -0.05) is 6.07 Å². The number of benzene rings is 1. The first-order valence-electron chi connectivity index (χ1n) is 6.60. The molecule has 22 heavy (non-hydrogen) atoms. The van der Waals surface area contributed by atoms with Crippen molar-refractivity contribution in [2.24, 2.45) is 0 Å². The van der Waals surface area contributed by atoms with Crippen LogP contribution in [0.4, 0.5) is 11.5 Å². The van der Waals surface area contributed by atoms with Crippen molar-refractivity contribution in [2.75, 3.05) is 12.4 Å². The van der Waals surface area contributed by atoms with Gasteiger partial charge in [-0.2, -0.15) is 0 Å². The van der Waals surface area contributed by atoms with E-state index in [0.29, 0.717) is 11.5 Å². The van der Waals surface area contributed by atoms with Gasteiger partial charge >= 0.3 is 0 Å². The smallest absolute Gasteiger partial charge is 0.240 e. The first-order chi connectivity index (χ1) is 10.5. The van der Waals surface area contributed by atoms with E-state index in [1.807, 2.05) is 6.92 Å². The van der Waals surface area contributed by atoms with E-state index in [2.05, 4.69) is 25.0 Å². The molecule has 0 fully saturated rings. The lowest BCUT2D eigenvalue weighted by atomic mass is 10.2. The maximum atomic E-state index is 11.9. The molecule has 0 bridgehead atoms. The fourth-order valence-electron chi connectivity index (χ4n) is 2.20. The van der Waals surface area contributed by atoms with E-state index in [9.17, 15) is 8.42 Å². The molecule has 2 aliphatic heterocycles. The molecule has 8 heteroatoms. The van der Waals surface area contributed by atoms with Crippen LogP contribution in [0.5, 0.6) is 0 Å². The third kappa shape index (κ3) is 2.53. The number of aromatic nitrogens is 3. The number of aromatic amines is 1. The Kier molecular flexibility index (Phi) is 3.55. The Morgan fingerprint density at radius 2 is 2.05 bits per heavy atom. The summed E-state index contributed by atoms with van der Waals surface area (Å²) in [6.45, 7) is 1.94. The Bertz CT molecular complexity index is 888. The molecule has 0 aromatic heterocycles. The van der Waals surface area contributed by atoms with Crippen molar-refractivity contribution in [1.82, 2.24) is 19.7 Å². The van der Waals surface area contributed by atoms with Crippen LogP contribution in [0.2, 0.25) is 0 Å². The van der Waals surface area contributed by atoms with Gasteiger partial charge in [0.2, 0.25) is 10.0 Å². The van der Waals surface area contributed by atoms with Crippen molar-refractivity contribution in [3.63, 3.8) is 0 Å². The van der Waals surface area contributed by atoms with Crippen LogP contribution in [-0.2, 0) is 10.0 Å². The third-order valence-electron chi connectivity index (χ3n) is 3.33. The average Bonchev–Trinajstić information content (AvgIpc) is 2.90. The van der Waals surface area contributed by atoms with E-state index in [0.717, 1.165) is 17.0 Å². The number of nitrogens with zero attached hydrogens (tertiary/aromatic N) is 2. The van der Waals surface area contributed by atoms with Gasteiger partial charge in [0, 0.05) is 11.9 Å². The number of H-pyrrole nitrogens is 1. The molecule has 3 N–H and O–H groups in total. The van der Waals surface area contributed by atoms with Crippen LogP contribution in [0.3, 0.4) is 0 Å². The molecule has 0 unspecified atom stereocenters. The zero-order valence-electron chi connectivity index (χ0n) is 12.1. The zero-order valence-corrected chi connectivity index (χ0v) is 12.9. The van der Waals surface area contributed by atoms with Crippen molar-refractivity contribution in [1.29, 1.82) is 0 Å². The summed E-state index contributed by atoms with van der Waals surface area (Å²) < 4.78 is 26.0. The number of nitrogens with one attached hydrogen (secondary N) is 3. The molecule has 7 nitrogen and oxygen atoms in total. The van der Waals surface area contributed by atoms with E-state index in [1.165, 1.54) is 13.1 Å². The van der Waals surface area contributed by atoms with Crippen LogP contribution in [0.25, 0.3) is 11.4 Å². The van der Waals surface area contributed by atoms with Crippen LogP contribution >= 0.6 is 0 Å². The average molecular weight is 317 g/mol. The normalized spacial score (nSPS) is 11.7. The molecule has 0 atom stereocenters. The lowest BCUT2D eigenvalue weighted by Gasteiger charge is -2.11. The van der Waals surface area contributed by atoms with Crippen LogP contribution in [-0.4, -0.2) is 30.4 Å². The first-order valence-corrected chi connectivity index (χ1v) is 8.09. The summed E-state index contributed by atoms with van der Waals surface area (Å²) in [5.74, 6) is 1.36. The maximum Gasteiger partial charge on any atom is 0.240 e. The predicted molar refractivity (Wildman–Crippen MR) is 83.7 cm³/mol. The Morgan fingerprint density at radius 3 is 2.82 bits per heavy atom. The number of hydrogen-bond acceptors (Lipinski definition) is 5. The van der Waals surface area contributed by atoms with Gasteiger partial charge in [-0.25, -0.2) is 23.1 Å². The summed E-state index contributed by atoms with van der Waals surface area (Å²) in [5, 5.41) is 3.15. The number of fused-ring (bicyclic) bond motifs is 1. The molecule has 0 radical (unpaired) electrons. The fraction of sp³-hybridized carbons (Fsp3) is 0.143. The summed E-state index contributed by atoms with van der Waals surface area (Å²) in [6.07, 6.45) is 3.31. The molecule has 0 amide bonds. The number of anilines is 2. The predicted octanol–water partition coefficient (Wildman–Crippen LogP) is 1.87. The molecule has 0 saturated carbocycles. The molecule has 2 heterocycles. The molecule has 3 rings (SSSR count). The zero-order chi connectivity index (χ0) is 15.7. The molecule has 114 valence electrons. The SMILES string of the molecule is CNS(=O)(=O)c1cccc(Nc2nc[nH]c3ncc(C)c2-3)c1. The van der Waals surface area contributed by atoms with Crippen molar-refractivity contribution >= 4 is 21.5 Å². The van der Waals surface area contributed by atoms with Crippen molar-refractivity contribution in [2.45, 2.75) is 11.8 Å². The Hall–Kier alpha value is -2.45. The van der Waals surface area contributed by atoms with Crippen LogP contribution in [0, 0.1) is 6.92 Å². The van der Waals surface area contributed by atoms with Crippen molar-refractivity contribution in [3.05, 3.63) is 42.4 Å². The van der Waals surface area contributed by atoms with Crippen molar-refractivity contribution < 1.29 is 8.42 Å². The van der Waals surface area contributed by atoms with Crippen molar-refractivity contribution in [3.8, 4) is 11.4 Å². The van der Waals surface area contributed by atoms with Gasteiger partial charge in [0.1, 0.15) is 11.6 Å². The molecule has 2 aliphatic rings. The van der Waals surface area contributed by atoms with Gasteiger partial charge in [-0.15, -0.1) is 0 Å². The summed E-state index contributed by atoms with van der Waals surface area (Å²) in [4.78, 5) is 11.7. The lowest BCUT2D eigenvalue weighted by Crippen LogP contribution is -2.18. The number of sulfonamides is 1. The summed E-state index contributed by atoms with van der Waals surface area (Å²) >= 11 is 0. The molecule has 0 spiro atoms. The highest BCUT2D eigenvalue weighted by atomic mass is 32.2. The van der Waals surface area contributed by atoms with E-state index in [-0.39, 0.29) is 4.90 Å². The highest BCUT2D eigenvalue weighted by Gasteiger charge is 2.16. The molecule has 0 saturated heterocycles. The Morgan fingerprint density at radius 1 is 1.23 bits per heavy atom. The van der Waals surface area contributed by atoms with Gasteiger partial charge in [0.25, 0.3) is 0 Å². The highest BCUT2D eigenvalue weighted by Crippen LogP contribution is 2.31. The summed E-state index contributed by atoms with van der Waals surface area (Å²) in [7, 11) is -2.10. The van der Waals surface area contributed by atoms with Crippen LogP contribution in [0.15, 0.2) is 41.7 Å². The minimum absolute atomic E-state index is 0.191. The van der Waals surface area contributed by atoms with Gasteiger partial charge in [0.15, 0.2) is 0 Å². The Labute approximate surface area is 128 Å². The minimum atomic E-state index is -3.48. The molecule has 0 aliphatic carbocycles. The molecular formula is C14H15N5O2S. The first kappa shape index (κ1) is 14.5. The topological polar surface area (TPSA) is 99.8 Å². The second-order valence-corrected chi connectivity index (χ2v) is 6.66. The van der Waals surface area contributed by atoms with Gasteiger partial charge in [-0.3, -0.25) is 0 Å². The molecule has 1 aromatic carbocycles. The number of rotatable bonds is 4. The van der Waals surface area contributed by atoms with Gasteiger partial charge in [0.05, 0.1) is 16.8 Å². The van der Waals surface area contributed by atoms with Crippen LogP contribution < -0.4 is 10.0 Å². The number of hydrogen-bond donors (Lipinski definition) is 3. The third-order valence-corrected chi connectivity index (χ3v) is 4.74.